The normalized spacial score (nSPS) is 10.8. The van der Waals surface area contributed by atoms with Gasteiger partial charge in [0.15, 0.2) is 0 Å². The largest absolute Gasteiger partial charge is 0.372 e. The molecule has 0 amide bonds. The molecule has 0 aromatic heterocycles. The molecule has 5 aromatic rings. The van der Waals surface area contributed by atoms with Gasteiger partial charge in [-0.15, -0.1) is 0 Å². The van der Waals surface area contributed by atoms with Gasteiger partial charge in [-0.25, -0.2) is 0 Å². The summed E-state index contributed by atoms with van der Waals surface area (Å²) in [4.78, 5) is 7.12. The number of rotatable bonds is 9. The van der Waals surface area contributed by atoms with Crippen molar-refractivity contribution in [2.75, 3.05) is 27.8 Å². The van der Waals surface area contributed by atoms with Gasteiger partial charge in [0.25, 0.3) is 0 Å². The summed E-state index contributed by atoms with van der Waals surface area (Å²) in [6.45, 7) is 12.8. The van der Waals surface area contributed by atoms with Crippen molar-refractivity contribution in [1.29, 1.82) is 0 Å². The Hall–Kier alpha value is -4.50. The van der Waals surface area contributed by atoms with E-state index >= 15 is 0 Å². The quantitative estimate of drug-likeness (QED) is 0.189. The monoisotopic (exact) mass is 525 g/mol. The molecule has 40 heavy (non-hydrogen) atoms. The third-order valence-electron chi connectivity index (χ3n) is 7.34. The number of anilines is 7. The van der Waals surface area contributed by atoms with Crippen molar-refractivity contribution in [2.24, 2.45) is 0 Å². The van der Waals surface area contributed by atoms with E-state index in [1.165, 1.54) is 22.4 Å². The summed E-state index contributed by atoms with van der Waals surface area (Å²) in [7, 11) is 0. The van der Waals surface area contributed by atoms with Crippen LogP contribution in [0.4, 0.5) is 39.8 Å². The van der Waals surface area contributed by atoms with Crippen LogP contribution in [0, 0.1) is 20.8 Å². The lowest BCUT2D eigenvalue weighted by molar-refractivity contribution is 0.866. The van der Waals surface area contributed by atoms with Crippen molar-refractivity contribution in [3.63, 3.8) is 0 Å². The Balaban J connectivity index is 1.68. The minimum Gasteiger partial charge on any atom is -0.372 e. The second-order valence-corrected chi connectivity index (χ2v) is 10.4. The highest BCUT2D eigenvalue weighted by molar-refractivity contribution is 5.84. The second-order valence-electron chi connectivity index (χ2n) is 10.4. The van der Waals surface area contributed by atoms with Crippen LogP contribution in [0.2, 0.25) is 0 Å². The van der Waals surface area contributed by atoms with E-state index in [1.54, 1.807) is 0 Å². The summed E-state index contributed by atoms with van der Waals surface area (Å²) in [5.74, 6) is 0. The van der Waals surface area contributed by atoms with Crippen LogP contribution in [-0.2, 0) is 0 Å². The summed E-state index contributed by atoms with van der Waals surface area (Å²) in [6, 6.07) is 44.0. The highest BCUT2D eigenvalue weighted by Crippen LogP contribution is 2.41. The summed E-state index contributed by atoms with van der Waals surface area (Å²) in [6.07, 6.45) is 0. The van der Waals surface area contributed by atoms with Gasteiger partial charge in [0, 0.05) is 52.9 Å². The van der Waals surface area contributed by atoms with E-state index in [0.29, 0.717) is 0 Å². The molecule has 0 aliphatic heterocycles. The van der Waals surface area contributed by atoms with Crippen LogP contribution >= 0.6 is 0 Å². The van der Waals surface area contributed by atoms with E-state index in [0.717, 1.165) is 47.2 Å². The average molecular weight is 526 g/mol. The number of hydrogen-bond acceptors (Lipinski definition) is 3. The zero-order valence-electron chi connectivity index (χ0n) is 24.3. The summed E-state index contributed by atoms with van der Waals surface area (Å²) < 4.78 is 0. The first-order valence-electron chi connectivity index (χ1n) is 14.2. The van der Waals surface area contributed by atoms with Crippen LogP contribution in [0.1, 0.15) is 30.5 Å². The molecule has 0 N–H and O–H groups in total. The maximum absolute atomic E-state index is 2.39. The van der Waals surface area contributed by atoms with E-state index in [1.807, 2.05) is 0 Å². The van der Waals surface area contributed by atoms with Gasteiger partial charge in [0.05, 0.1) is 0 Å². The van der Waals surface area contributed by atoms with E-state index < -0.39 is 0 Å². The van der Waals surface area contributed by atoms with Crippen LogP contribution in [-0.4, -0.2) is 13.1 Å². The van der Waals surface area contributed by atoms with Crippen LogP contribution in [0.3, 0.4) is 0 Å². The molecule has 0 aliphatic rings. The Bertz CT molecular complexity index is 1540. The Kier molecular flexibility index (Phi) is 8.21. The van der Waals surface area contributed by atoms with Crippen molar-refractivity contribution in [3.05, 3.63) is 138 Å². The molecular formula is C37H39N3. The third kappa shape index (κ3) is 5.89. The van der Waals surface area contributed by atoms with E-state index in [9.17, 15) is 0 Å². The molecule has 5 rings (SSSR count). The van der Waals surface area contributed by atoms with Crippen molar-refractivity contribution < 1.29 is 0 Å². The molecule has 0 aliphatic carbocycles. The summed E-state index contributed by atoms with van der Waals surface area (Å²) in [5, 5.41) is 0. The van der Waals surface area contributed by atoms with E-state index in [2.05, 4.69) is 171 Å². The maximum atomic E-state index is 2.39. The van der Waals surface area contributed by atoms with Gasteiger partial charge in [0.2, 0.25) is 0 Å². The molecule has 0 heterocycles. The molecule has 0 unspecified atom stereocenters. The summed E-state index contributed by atoms with van der Waals surface area (Å²) >= 11 is 0. The second kappa shape index (κ2) is 12.1. The maximum Gasteiger partial charge on any atom is 0.0482 e. The molecule has 3 nitrogen and oxygen atoms in total. The Morgan fingerprint density at radius 3 is 0.975 bits per heavy atom. The number of benzene rings is 5. The predicted octanol–water partition coefficient (Wildman–Crippen LogP) is 10.4. The highest BCUT2D eigenvalue weighted by atomic mass is 15.2. The molecule has 0 atom stereocenters. The lowest BCUT2D eigenvalue weighted by atomic mass is 10.1. The van der Waals surface area contributed by atoms with Crippen LogP contribution in [0.25, 0.3) is 0 Å². The minimum absolute atomic E-state index is 0.974. The van der Waals surface area contributed by atoms with Crippen molar-refractivity contribution in [3.8, 4) is 0 Å². The zero-order chi connectivity index (χ0) is 28.1. The van der Waals surface area contributed by atoms with Gasteiger partial charge >= 0.3 is 0 Å². The lowest BCUT2D eigenvalue weighted by Crippen LogP contribution is -2.22. The molecule has 5 aromatic carbocycles. The highest BCUT2D eigenvalue weighted by Gasteiger charge is 2.18. The predicted molar refractivity (Wildman–Crippen MR) is 174 cm³/mol. The van der Waals surface area contributed by atoms with Crippen molar-refractivity contribution in [2.45, 2.75) is 34.6 Å². The molecule has 0 bridgehead atoms. The standard InChI is InChI=1S/C37H39N3/c1-6-38(7-2)31-16-11-20-35(26-31)40(34-19-10-15-30(5)25-34)37-22-12-21-36(27-37)39(32-17-8-13-28(3)23-32)33-18-9-14-29(4)24-33/h8-27H,6-7H2,1-5H3. The van der Waals surface area contributed by atoms with Gasteiger partial charge in [-0.1, -0.05) is 48.5 Å². The molecule has 202 valence electrons. The van der Waals surface area contributed by atoms with Crippen molar-refractivity contribution in [1.82, 2.24) is 0 Å². The topological polar surface area (TPSA) is 9.72 Å². The Morgan fingerprint density at radius 1 is 0.375 bits per heavy atom. The van der Waals surface area contributed by atoms with Crippen LogP contribution in [0.5, 0.6) is 0 Å². The first-order chi connectivity index (χ1) is 19.5. The van der Waals surface area contributed by atoms with Gasteiger partial charge in [0.1, 0.15) is 0 Å². The smallest absolute Gasteiger partial charge is 0.0482 e. The third-order valence-corrected chi connectivity index (χ3v) is 7.34. The number of aryl methyl sites for hydroxylation is 3. The fraction of sp³-hybridized carbons (Fsp3) is 0.189. The minimum atomic E-state index is 0.974. The van der Waals surface area contributed by atoms with Gasteiger partial charge in [-0.05, 0) is 124 Å². The molecular weight excluding hydrogens is 486 g/mol. The van der Waals surface area contributed by atoms with Crippen LogP contribution in [0.15, 0.2) is 121 Å². The fourth-order valence-electron chi connectivity index (χ4n) is 5.38. The molecule has 0 spiro atoms. The zero-order valence-corrected chi connectivity index (χ0v) is 24.3. The SMILES string of the molecule is CCN(CC)c1cccc(N(c2cccc(C)c2)c2cccc(N(c3cccc(C)c3)c3cccc(C)c3)c2)c1. The number of hydrogen-bond donors (Lipinski definition) is 0. The Morgan fingerprint density at radius 2 is 0.650 bits per heavy atom. The van der Waals surface area contributed by atoms with Gasteiger partial charge in [-0.2, -0.15) is 0 Å². The molecule has 0 saturated heterocycles. The van der Waals surface area contributed by atoms with E-state index in [4.69, 9.17) is 0 Å². The van der Waals surface area contributed by atoms with Gasteiger partial charge < -0.3 is 14.7 Å². The average Bonchev–Trinajstić information content (AvgIpc) is 2.95. The molecule has 0 fully saturated rings. The molecule has 0 radical (unpaired) electrons. The molecule has 0 saturated carbocycles. The first kappa shape index (κ1) is 27.1. The Labute approximate surface area is 239 Å². The fourth-order valence-corrected chi connectivity index (χ4v) is 5.38. The summed E-state index contributed by atoms with van der Waals surface area (Å²) in [5.41, 5.74) is 11.8. The van der Waals surface area contributed by atoms with Crippen molar-refractivity contribution >= 4 is 39.8 Å². The number of nitrogens with zero attached hydrogens (tertiary/aromatic N) is 3. The first-order valence-corrected chi connectivity index (χ1v) is 14.2. The molecule has 3 heteroatoms. The van der Waals surface area contributed by atoms with E-state index in [-0.39, 0.29) is 0 Å². The van der Waals surface area contributed by atoms with Crippen LogP contribution < -0.4 is 14.7 Å². The lowest BCUT2D eigenvalue weighted by Gasteiger charge is -2.30. The van der Waals surface area contributed by atoms with Gasteiger partial charge in [-0.3, -0.25) is 0 Å².